The van der Waals surface area contributed by atoms with E-state index in [9.17, 15) is 18.8 Å². The first kappa shape index (κ1) is 23.4. The number of nitrogen functional groups attached to an aromatic ring is 1. The Labute approximate surface area is 194 Å². The van der Waals surface area contributed by atoms with Crippen molar-refractivity contribution in [3.8, 4) is 5.69 Å². The zero-order valence-electron chi connectivity index (χ0n) is 19.1. The molecule has 3 N–H and O–H groups in total. The summed E-state index contributed by atoms with van der Waals surface area (Å²) >= 11 is 0. The van der Waals surface area contributed by atoms with Gasteiger partial charge in [0.15, 0.2) is 11.4 Å². The van der Waals surface area contributed by atoms with E-state index in [0.29, 0.717) is 24.8 Å². The van der Waals surface area contributed by atoms with Gasteiger partial charge in [-0.25, -0.2) is 13.9 Å². The van der Waals surface area contributed by atoms with E-state index in [2.05, 4.69) is 10.1 Å². The van der Waals surface area contributed by atoms with Crippen LogP contribution >= 0.6 is 0 Å². The summed E-state index contributed by atoms with van der Waals surface area (Å²) in [4.78, 5) is 42.3. The van der Waals surface area contributed by atoms with Crippen molar-refractivity contribution in [2.75, 3.05) is 30.9 Å². The number of aromatic amines is 1. The van der Waals surface area contributed by atoms with E-state index in [0.717, 1.165) is 12.1 Å². The first-order valence-electron chi connectivity index (χ1n) is 11.2. The summed E-state index contributed by atoms with van der Waals surface area (Å²) in [6.07, 6.45) is 2.64. The van der Waals surface area contributed by atoms with Crippen molar-refractivity contribution in [2.24, 2.45) is 0 Å². The zero-order valence-corrected chi connectivity index (χ0v) is 19.1. The van der Waals surface area contributed by atoms with E-state index in [-0.39, 0.29) is 42.6 Å². The van der Waals surface area contributed by atoms with Gasteiger partial charge in [-0.15, -0.1) is 0 Å². The molecule has 4 rings (SSSR count). The van der Waals surface area contributed by atoms with Gasteiger partial charge in [-0.3, -0.25) is 24.0 Å². The molecule has 10 nitrogen and oxygen atoms in total. The molecule has 0 saturated heterocycles. The lowest BCUT2D eigenvalue weighted by Gasteiger charge is -2.24. The van der Waals surface area contributed by atoms with Crippen LogP contribution in [-0.2, 0) is 24.1 Å². The molecule has 2 aromatic heterocycles. The fraction of sp³-hybridized carbons (Fsp3) is 0.391. The van der Waals surface area contributed by atoms with Gasteiger partial charge < -0.3 is 10.5 Å². The van der Waals surface area contributed by atoms with Crippen molar-refractivity contribution < 1.29 is 13.9 Å². The number of nitrogens with zero attached hydrogens (tertiary/aromatic N) is 4. The lowest BCUT2D eigenvalue weighted by molar-refractivity contribution is 0.0969. The van der Waals surface area contributed by atoms with Gasteiger partial charge in [0.25, 0.3) is 11.5 Å². The third-order valence-corrected chi connectivity index (χ3v) is 5.91. The topological polar surface area (TPSA) is 128 Å². The van der Waals surface area contributed by atoms with E-state index in [1.165, 1.54) is 27.3 Å². The second-order valence-corrected chi connectivity index (χ2v) is 8.08. The van der Waals surface area contributed by atoms with E-state index >= 15 is 0 Å². The van der Waals surface area contributed by atoms with Crippen LogP contribution in [0.2, 0.25) is 0 Å². The third-order valence-electron chi connectivity index (χ3n) is 5.91. The number of nitrogens with one attached hydrogen (secondary N) is 1. The van der Waals surface area contributed by atoms with E-state index in [4.69, 9.17) is 10.5 Å². The standard InChI is InChI=1S/C23H27FN6O4/c1-3-11-29-20(25)19(21(31)26-23(29)33)28(12-13-34-2)22(32)18-14-7-6-10-16(14)30(27-18)17-9-5-4-8-15(17)24/h4-5,8-9H,3,6-7,10-13,25H2,1-2H3,(H,26,31,33). The number of methoxy groups -OCH3 is 1. The van der Waals surface area contributed by atoms with Crippen LogP contribution in [0.5, 0.6) is 0 Å². The number of anilines is 2. The Morgan fingerprint density at radius 3 is 2.76 bits per heavy atom. The first-order chi connectivity index (χ1) is 16.4. The zero-order chi connectivity index (χ0) is 24.4. The molecule has 0 aliphatic heterocycles. The van der Waals surface area contributed by atoms with E-state index < -0.39 is 23.0 Å². The molecule has 1 aliphatic rings. The Hall–Kier alpha value is -3.73. The number of halogens is 1. The predicted molar refractivity (Wildman–Crippen MR) is 125 cm³/mol. The molecular weight excluding hydrogens is 443 g/mol. The van der Waals surface area contributed by atoms with E-state index in [1.807, 2.05) is 6.92 Å². The molecule has 180 valence electrons. The van der Waals surface area contributed by atoms with E-state index in [1.54, 1.807) is 18.2 Å². The van der Waals surface area contributed by atoms with Crippen molar-refractivity contribution in [1.82, 2.24) is 19.3 Å². The quantitative estimate of drug-likeness (QED) is 0.515. The summed E-state index contributed by atoms with van der Waals surface area (Å²) < 4.78 is 22.4. The Morgan fingerprint density at radius 2 is 2.06 bits per heavy atom. The summed E-state index contributed by atoms with van der Waals surface area (Å²) in [6, 6.07) is 6.22. The maximum Gasteiger partial charge on any atom is 0.330 e. The highest BCUT2D eigenvalue weighted by atomic mass is 19.1. The number of nitrogens with two attached hydrogens (primary N) is 1. The maximum atomic E-state index is 14.5. The number of H-pyrrole nitrogens is 1. The number of hydrogen-bond donors (Lipinski definition) is 2. The second-order valence-electron chi connectivity index (χ2n) is 8.08. The summed E-state index contributed by atoms with van der Waals surface area (Å²) in [5, 5.41) is 4.48. The molecule has 0 spiro atoms. The monoisotopic (exact) mass is 470 g/mol. The number of amides is 1. The molecule has 0 saturated carbocycles. The lowest BCUT2D eigenvalue weighted by Crippen LogP contribution is -2.43. The fourth-order valence-corrected chi connectivity index (χ4v) is 4.34. The summed E-state index contributed by atoms with van der Waals surface area (Å²) in [7, 11) is 1.47. The molecule has 0 fully saturated rings. The van der Waals surface area contributed by atoms with Crippen LogP contribution < -0.4 is 21.9 Å². The highest BCUT2D eigenvalue weighted by Crippen LogP contribution is 2.30. The Balaban J connectivity index is 1.86. The van der Waals surface area contributed by atoms with Crippen molar-refractivity contribution in [3.63, 3.8) is 0 Å². The number of aromatic nitrogens is 4. The number of fused-ring (bicyclic) bond motifs is 1. The molecule has 0 atom stereocenters. The van der Waals surface area contributed by atoms with Gasteiger partial charge in [0, 0.05) is 31.5 Å². The van der Waals surface area contributed by atoms with Gasteiger partial charge in [-0.05, 0) is 37.8 Å². The molecule has 0 radical (unpaired) electrons. The van der Waals surface area contributed by atoms with Crippen LogP contribution in [0.4, 0.5) is 15.9 Å². The van der Waals surface area contributed by atoms with Crippen molar-refractivity contribution in [1.29, 1.82) is 0 Å². The minimum Gasteiger partial charge on any atom is -0.383 e. The van der Waals surface area contributed by atoms with Crippen molar-refractivity contribution in [2.45, 2.75) is 39.2 Å². The number of carbonyl (C=O) groups excluding carboxylic acids is 1. The lowest BCUT2D eigenvalue weighted by atomic mass is 10.1. The van der Waals surface area contributed by atoms with Gasteiger partial charge in [-0.1, -0.05) is 19.1 Å². The molecule has 1 aliphatic carbocycles. The van der Waals surface area contributed by atoms with Gasteiger partial charge in [0.05, 0.1) is 6.61 Å². The Bertz CT molecular complexity index is 1340. The van der Waals surface area contributed by atoms with Gasteiger partial charge >= 0.3 is 5.69 Å². The number of ether oxygens (including phenoxy) is 1. The second kappa shape index (κ2) is 9.64. The third kappa shape index (κ3) is 4.03. The predicted octanol–water partition coefficient (Wildman–Crippen LogP) is 1.64. The Kier molecular flexibility index (Phi) is 6.64. The molecule has 11 heteroatoms. The van der Waals surface area contributed by atoms with Crippen molar-refractivity contribution >= 4 is 17.4 Å². The molecule has 2 heterocycles. The number of benzene rings is 1. The number of rotatable bonds is 8. The SMILES string of the molecule is CCCn1c(N)c(N(CCOC)C(=O)c2nn(-c3ccccc3F)c3c2CCC3)c(=O)[nH]c1=O. The van der Waals surface area contributed by atoms with Crippen LogP contribution in [0.1, 0.15) is 41.5 Å². The summed E-state index contributed by atoms with van der Waals surface area (Å²) in [5.74, 6) is -1.13. The van der Waals surface area contributed by atoms with Crippen molar-refractivity contribution in [3.05, 3.63) is 67.9 Å². The Morgan fingerprint density at radius 1 is 1.29 bits per heavy atom. The van der Waals surface area contributed by atoms with Gasteiger partial charge in [-0.2, -0.15) is 5.10 Å². The smallest absolute Gasteiger partial charge is 0.330 e. The van der Waals surface area contributed by atoms with Crippen LogP contribution in [-0.4, -0.2) is 45.5 Å². The normalized spacial score (nSPS) is 12.7. The highest BCUT2D eigenvalue weighted by molar-refractivity contribution is 6.07. The van der Waals surface area contributed by atoms with Crippen LogP contribution in [0, 0.1) is 5.82 Å². The van der Waals surface area contributed by atoms with Gasteiger partial charge in [0.2, 0.25) is 0 Å². The molecule has 3 aromatic rings. The minimum absolute atomic E-state index is 0.00821. The fourth-order valence-electron chi connectivity index (χ4n) is 4.34. The van der Waals surface area contributed by atoms with Crippen LogP contribution in [0.3, 0.4) is 0 Å². The molecule has 1 aromatic carbocycles. The number of para-hydroxylation sites is 1. The molecule has 0 bridgehead atoms. The molecule has 0 unspecified atom stereocenters. The summed E-state index contributed by atoms with van der Waals surface area (Å²) in [5.41, 5.74) is 6.52. The maximum absolute atomic E-state index is 14.5. The minimum atomic E-state index is -0.774. The molecular formula is C23H27FN6O4. The van der Waals surface area contributed by atoms with Crippen LogP contribution in [0.25, 0.3) is 5.69 Å². The van der Waals surface area contributed by atoms with Crippen LogP contribution in [0.15, 0.2) is 33.9 Å². The number of hydrogen-bond acceptors (Lipinski definition) is 6. The molecule has 34 heavy (non-hydrogen) atoms. The average Bonchev–Trinajstić information content (AvgIpc) is 3.42. The van der Waals surface area contributed by atoms with Gasteiger partial charge in [0.1, 0.15) is 17.3 Å². The first-order valence-corrected chi connectivity index (χ1v) is 11.2. The average molecular weight is 471 g/mol. The summed E-state index contributed by atoms with van der Waals surface area (Å²) in [6.45, 7) is 2.27. The highest BCUT2D eigenvalue weighted by Gasteiger charge is 2.33. The molecule has 1 amide bonds. The number of carbonyl (C=O) groups is 1. The largest absolute Gasteiger partial charge is 0.383 e.